The number of nitrogens with one attached hydrogen (secondary N) is 1. The molecule has 0 atom stereocenters. The fourth-order valence-electron chi connectivity index (χ4n) is 1.14. The standard InChI is InChI=1S/C8H12N2O7P2/c1-6-2-4-7(5-3-6)8(11)9-10(18(12,13)14)19(15,16)17/h2-5H,1H3,(H,9,11)(H2,12,13,14)(H2,15,16,17). The molecule has 9 nitrogen and oxygen atoms in total. The van der Waals surface area contributed by atoms with Crippen LogP contribution in [0, 0.1) is 6.92 Å². The average Bonchev–Trinajstić information content (AvgIpc) is 2.23. The van der Waals surface area contributed by atoms with Crippen molar-refractivity contribution < 1.29 is 33.5 Å². The molecule has 1 rings (SSSR count). The van der Waals surface area contributed by atoms with Crippen molar-refractivity contribution in [3.63, 3.8) is 0 Å². The predicted octanol–water partition coefficient (Wildman–Crippen LogP) is 0.127. The van der Waals surface area contributed by atoms with Gasteiger partial charge in [0.1, 0.15) is 0 Å². The van der Waals surface area contributed by atoms with Crippen molar-refractivity contribution in [3.05, 3.63) is 35.4 Å². The van der Waals surface area contributed by atoms with E-state index in [0.29, 0.717) is 0 Å². The van der Waals surface area contributed by atoms with E-state index < -0.39 is 26.0 Å². The Balaban J connectivity index is 2.99. The largest absolute Gasteiger partial charge is 0.430 e. The molecule has 0 aliphatic heterocycles. The highest BCUT2D eigenvalue weighted by molar-refractivity contribution is 7.64. The number of benzene rings is 1. The third-order valence-electron chi connectivity index (χ3n) is 2.01. The molecule has 1 amide bonds. The molecule has 1 aromatic carbocycles. The Bertz CT molecular complexity index is 539. The monoisotopic (exact) mass is 310 g/mol. The molecule has 0 aromatic heterocycles. The van der Waals surface area contributed by atoms with E-state index in [1.54, 1.807) is 19.1 Å². The number of carbonyl (C=O) groups excluding carboxylic acids is 1. The Kier molecular flexibility index (Phi) is 4.65. The Hall–Kier alpha value is -1.05. The Labute approximate surface area is 108 Å². The molecule has 0 fully saturated rings. The van der Waals surface area contributed by atoms with Crippen molar-refractivity contribution in [2.45, 2.75) is 6.92 Å². The lowest BCUT2D eigenvalue weighted by Crippen LogP contribution is -2.37. The van der Waals surface area contributed by atoms with E-state index in [1.807, 2.05) is 0 Å². The number of amides is 1. The first-order valence-electron chi connectivity index (χ1n) is 4.81. The van der Waals surface area contributed by atoms with Crippen LogP contribution in [0.4, 0.5) is 0 Å². The van der Waals surface area contributed by atoms with Crippen LogP contribution in [0.25, 0.3) is 0 Å². The Morgan fingerprint density at radius 2 is 1.47 bits per heavy atom. The number of nitrogens with zero attached hydrogens (tertiary/aromatic N) is 1. The lowest BCUT2D eigenvalue weighted by atomic mass is 10.1. The van der Waals surface area contributed by atoms with Gasteiger partial charge in [-0.15, -0.1) is 0 Å². The highest BCUT2D eigenvalue weighted by atomic mass is 31.3. The molecule has 11 heteroatoms. The third kappa shape index (κ3) is 4.52. The molecule has 5 N–H and O–H groups in total. The van der Waals surface area contributed by atoms with Gasteiger partial charge in [0.15, 0.2) is 0 Å². The van der Waals surface area contributed by atoms with Crippen molar-refractivity contribution in [3.8, 4) is 0 Å². The molecule has 19 heavy (non-hydrogen) atoms. The molecular formula is C8H12N2O7P2. The number of aryl methyl sites for hydroxylation is 1. The normalized spacial score (nSPS) is 12.5. The first-order chi connectivity index (χ1) is 8.51. The molecule has 0 aliphatic rings. The molecule has 0 bridgehead atoms. The molecule has 0 heterocycles. The quantitative estimate of drug-likeness (QED) is 0.389. The summed E-state index contributed by atoms with van der Waals surface area (Å²) in [5.41, 5.74) is 2.34. The molecule has 0 aliphatic carbocycles. The number of hydrazine groups is 1. The smallest absolute Gasteiger partial charge is 0.311 e. The average molecular weight is 310 g/mol. The van der Waals surface area contributed by atoms with E-state index in [9.17, 15) is 13.9 Å². The van der Waals surface area contributed by atoms with E-state index in [0.717, 1.165) is 5.56 Å². The lowest BCUT2D eigenvalue weighted by molar-refractivity contribution is 0.0882. The highest BCUT2D eigenvalue weighted by Gasteiger charge is 2.41. The first-order valence-corrected chi connectivity index (χ1v) is 7.94. The van der Waals surface area contributed by atoms with Gasteiger partial charge in [0.25, 0.3) is 5.91 Å². The number of hydrogen-bond donors (Lipinski definition) is 5. The van der Waals surface area contributed by atoms with Crippen LogP contribution in [0.2, 0.25) is 0 Å². The van der Waals surface area contributed by atoms with Crippen molar-refractivity contribution in [1.29, 1.82) is 0 Å². The van der Waals surface area contributed by atoms with Gasteiger partial charge < -0.3 is 19.6 Å². The van der Waals surface area contributed by atoms with E-state index in [4.69, 9.17) is 19.6 Å². The maximum atomic E-state index is 11.6. The second kappa shape index (κ2) is 5.52. The topological polar surface area (TPSA) is 147 Å². The van der Waals surface area contributed by atoms with Crippen LogP contribution in [0.15, 0.2) is 24.3 Å². The van der Waals surface area contributed by atoms with Crippen LogP contribution in [-0.2, 0) is 9.13 Å². The fraction of sp³-hybridized carbons (Fsp3) is 0.125. The Morgan fingerprint density at radius 1 is 1.05 bits per heavy atom. The zero-order chi connectivity index (χ0) is 14.8. The van der Waals surface area contributed by atoms with E-state index in [2.05, 4.69) is 0 Å². The molecule has 0 saturated heterocycles. The van der Waals surface area contributed by atoms with Crippen molar-refractivity contribution >= 4 is 21.4 Å². The highest BCUT2D eigenvalue weighted by Crippen LogP contribution is 2.56. The van der Waals surface area contributed by atoms with Crippen LogP contribution in [0.1, 0.15) is 15.9 Å². The van der Waals surface area contributed by atoms with E-state index in [1.165, 1.54) is 17.6 Å². The predicted molar refractivity (Wildman–Crippen MR) is 64.6 cm³/mol. The van der Waals surface area contributed by atoms with Crippen LogP contribution < -0.4 is 5.43 Å². The van der Waals surface area contributed by atoms with Gasteiger partial charge in [-0.1, -0.05) is 17.7 Å². The molecule has 0 radical (unpaired) electrons. The van der Waals surface area contributed by atoms with Gasteiger partial charge >= 0.3 is 15.5 Å². The maximum absolute atomic E-state index is 11.6. The van der Waals surface area contributed by atoms with Crippen molar-refractivity contribution in [2.24, 2.45) is 0 Å². The molecule has 1 aromatic rings. The third-order valence-corrected chi connectivity index (χ3v) is 4.59. The van der Waals surface area contributed by atoms with Crippen LogP contribution >= 0.6 is 15.5 Å². The number of carbonyl (C=O) groups is 1. The molecule has 0 unspecified atom stereocenters. The lowest BCUT2D eigenvalue weighted by Gasteiger charge is -2.23. The van der Waals surface area contributed by atoms with Gasteiger partial charge in [0, 0.05) is 5.56 Å². The zero-order valence-corrected chi connectivity index (χ0v) is 11.5. The van der Waals surface area contributed by atoms with Crippen LogP contribution in [0.5, 0.6) is 0 Å². The zero-order valence-electron chi connectivity index (χ0n) is 9.66. The van der Waals surface area contributed by atoms with E-state index in [-0.39, 0.29) is 5.56 Å². The van der Waals surface area contributed by atoms with Crippen LogP contribution in [0.3, 0.4) is 0 Å². The van der Waals surface area contributed by atoms with E-state index >= 15 is 0 Å². The second-order valence-electron chi connectivity index (χ2n) is 3.62. The summed E-state index contributed by atoms with van der Waals surface area (Å²) in [6.07, 6.45) is 0. The maximum Gasteiger partial charge on any atom is 0.430 e. The Morgan fingerprint density at radius 3 is 1.84 bits per heavy atom. The fourth-order valence-corrected chi connectivity index (χ4v) is 2.80. The summed E-state index contributed by atoms with van der Waals surface area (Å²) >= 11 is 0. The van der Waals surface area contributed by atoms with Crippen molar-refractivity contribution in [1.82, 2.24) is 9.98 Å². The van der Waals surface area contributed by atoms with Gasteiger partial charge in [0.2, 0.25) is 0 Å². The number of rotatable bonds is 4. The van der Waals surface area contributed by atoms with Gasteiger partial charge in [0.05, 0.1) is 0 Å². The molecule has 106 valence electrons. The molecule has 0 spiro atoms. The number of hydrogen-bond acceptors (Lipinski definition) is 3. The summed E-state index contributed by atoms with van der Waals surface area (Å²) < 4.78 is 21.2. The summed E-state index contributed by atoms with van der Waals surface area (Å²) in [6, 6.07) is 5.83. The summed E-state index contributed by atoms with van der Waals surface area (Å²) in [6.45, 7) is 1.76. The van der Waals surface area contributed by atoms with Crippen molar-refractivity contribution in [2.75, 3.05) is 0 Å². The summed E-state index contributed by atoms with van der Waals surface area (Å²) in [5.74, 6) is -1.05. The first kappa shape index (κ1) is 16.0. The molecular weight excluding hydrogens is 298 g/mol. The minimum absolute atomic E-state index is 0.00231. The summed E-state index contributed by atoms with van der Waals surface area (Å²) in [7, 11) is -10.7. The minimum Gasteiger partial charge on any atom is -0.311 e. The van der Waals surface area contributed by atoms with Gasteiger partial charge in [-0.25, -0.2) is 9.13 Å². The van der Waals surface area contributed by atoms with Gasteiger partial charge in [-0.05, 0) is 23.6 Å². The van der Waals surface area contributed by atoms with Gasteiger partial charge in [-0.2, -0.15) is 0 Å². The van der Waals surface area contributed by atoms with Crippen LogP contribution in [-0.4, -0.2) is 30.0 Å². The minimum atomic E-state index is -5.34. The summed E-state index contributed by atoms with van der Waals surface area (Å²) in [4.78, 5) is 46.8. The molecule has 0 saturated carbocycles. The summed E-state index contributed by atoms with van der Waals surface area (Å²) in [5, 5.41) is 0. The SMILES string of the molecule is Cc1ccc(C(=O)NN(P(=O)(O)O)P(=O)(O)O)cc1. The second-order valence-corrected chi connectivity index (χ2v) is 6.79. The van der Waals surface area contributed by atoms with Gasteiger partial charge in [-0.3, -0.25) is 10.2 Å².